The summed E-state index contributed by atoms with van der Waals surface area (Å²) in [5, 5.41) is 13.5. The summed E-state index contributed by atoms with van der Waals surface area (Å²) < 4.78 is 4.06. The Balaban J connectivity index is 1.54. The Bertz CT molecular complexity index is 1810. The maximum absolute atomic E-state index is 13.5. The maximum atomic E-state index is 13.5. The molecular weight excluding hydrogens is 498 g/mol. The smallest absolute Gasteiger partial charge is 0.332 e. The Morgan fingerprint density at radius 3 is 2.65 bits per heavy atom. The average Bonchev–Trinajstić information content (AvgIpc) is 3.42. The second-order valence-electron chi connectivity index (χ2n) is 8.87. The Hall–Kier alpha value is -4.38. The van der Waals surface area contributed by atoms with E-state index in [1.165, 1.54) is 4.57 Å². The maximum Gasteiger partial charge on any atom is 0.332 e. The van der Waals surface area contributed by atoms with Crippen LogP contribution in [0.5, 0.6) is 0 Å². The standard InChI is InChI=1S/C25H24ClN7O4/c1-13-7-9-19(28-17(13)8-10-20(34)35)29-24-30-22-21(31(24)2)23(36)33(25(37)32(22)3)12-14-11-15-16(26)5-4-6-18(15)27-14/h4-7,9,11,27H,8,10,12H2,1-3H3,(H,34,35)(H,28,29,30). The fourth-order valence-electron chi connectivity index (χ4n) is 4.36. The largest absolute Gasteiger partial charge is 0.481 e. The van der Waals surface area contributed by atoms with Gasteiger partial charge in [0.25, 0.3) is 5.56 Å². The Labute approximate surface area is 215 Å². The molecule has 11 nitrogen and oxygen atoms in total. The van der Waals surface area contributed by atoms with Crippen molar-refractivity contribution < 1.29 is 9.90 Å². The first-order valence-corrected chi connectivity index (χ1v) is 11.9. The van der Waals surface area contributed by atoms with Crippen LogP contribution in [0.3, 0.4) is 0 Å². The lowest BCUT2D eigenvalue weighted by molar-refractivity contribution is -0.136. The molecule has 0 saturated carbocycles. The van der Waals surface area contributed by atoms with Crippen molar-refractivity contribution in [3.05, 3.63) is 79.2 Å². The summed E-state index contributed by atoms with van der Waals surface area (Å²) in [6.45, 7) is 1.90. The minimum Gasteiger partial charge on any atom is -0.481 e. The molecule has 0 atom stereocenters. The third kappa shape index (κ3) is 4.38. The number of rotatable bonds is 7. The zero-order valence-electron chi connectivity index (χ0n) is 20.4. The predicted octanol–water partition coefficient (Wildman–Crippen LogP) is 3.08. The lowest BCUT2D eigenvalue weighted by Gasteiger charge is -2.09. The van der Waals surface area contributed by atoms with Crippen molar-refractivity contribution in [2.45, 2.75) is 26.3 Å². The Morgan fingerprint density at radius 2 is 1.92 bits per heavy atom. The molecule has 4 heterocycles. The van der Waals surface area contributed by atoms with Crippen molar-refractivity contribution in [2.75, 3.05) is 5.32 Å². The molecule has 5 rings (SSSR count). The number of aromatic amines is 1. The lowest BCUT2D eigenvalue weighted by Crippen LogP contribution is -2.39. The SMILES string of the molecule is Cc1ccc(Nc2nc3c(c(=O)n(Cc4cc5c(Cl)cccc5[nH]4)c(=O)n3C)n2C)nc1CCC(=O)O. The Morgan fingerprint density at radius 1 is 1.14 bits per heavy atom. The van der Waals surface area contributed by atoms with Crippen LogP contribution >= 0.6 is 11.6 Å². The number of nitrogens with zero attached hydrogens (tertiary/aromatic N) is 5. The van der Waals surface area contributed by atoms with E-state index in [9.17, 15) is 14.4 Å². The van der Waals surface area contributed by atoms with E-state index >= 15 is 0 Å². The molecule has 0 aliphatic rings. The van der Waals surface area contributed by atoms with Crippen LogP contribution in [0, 0.1) is 6.92 Å². The number of hydrogen-bond donors (Lipinski definition) is 3. The number of benzene rings is 1. The second-order valence-corrected chi connectivity index (χ2v) is 9.28. The highest BCUT2D eigenvalue weighted by molar-refractivity contribution is 6.35. The zero-order chi connectivity index (χ0) is 26.4. The van der Waals surface area contributed by atoms with Gasteiger partial charge in [0, 0.05) is 47.8 Å². The van der Waals surface area contributed by atoms with Crippen molar-refractivity contribution in [3.8, 4) is 0 Å². The molecule has 0 bridgehead atoms. The van der Waals surface area contributed by atoms with Crippen LogP contribution in [0.15, 0.2) is 46.0 Å². The number of carbonyl (C=O) groups is 1. The monoisotopic (exact) mass is 521 g/mol. The van der Waals surface area contributed by atoms with Gasteiger partial charge in [0.05, 0.1) is 13.0 Å². The highest BCUT2D eigenvalue weighted by Crippen LogP contribution is 2.24. The molecule has 1 aromatic carbocycles. The molecule has 5 aromatic rings. The third-order valence-electron chi connectivity index (χ3n) is 6.37. The summed E-state index contributed by atoms with van der Waals surface area (Å²) >= 11 is 6.27. The van der Waals surface area contributed by atoms with Gasteiger partial charge in [-0.15, -0.1) is 0 Å². The molecule has 0 radical (unpaired) electrons. The van der Waals surface area contributed by atoms with Gasteiger partial charge in [-0.25, -0.2) is 9.78 Å². The van der Waals surface area contributed by atoms with E-state index in [-0.39, 0.29) is 30.6 Å². The Kier molecular flexibility index (Phi) is 6.08. The second kappa shape index (κ2) is 9.25. The van der Waals surface area contributed by atoms with Crippen molar-refractivity contribution in [2.24, 2.45) is 14.1 Å². The molecule has 12 heteroatoms. The number of hydrogen-bond acceptors (Lipinski definition) is 6. The molecule has 0 fully saturated rings. The fourth-order valence-corrected chi connectivity index (χ4v) is 4.59. The minimum absolute atomic E-state index is 0.0339. The summed E-state index contributed by atoms with van der Waals surface area (Å²) in [6, 6.07) is 10.9. The number of aryl methyl sites for hydroxylation is 4. The summed E-state index contributed by atoms with van der Waals surface area (Å²) in [6.07, 6.45) is 0.255. The minimum atomic E-state index is -0.900. The lowest BCUT2D eigenvalue weighted by atomic mass is 10.1. The van der Waals surface area contributed by atoms with Gasteiger partial charge in [0.15, 0.2) is 11.2 Å². The summed E-state index contributed by atoms with van der Waals surface area (Å²) in [7, 11) is 3.24. The van der Waals surface area contributed by atoms with Crippen molar-refractivity contribution >= 4 is 51.4 Å². The van der Waals surface area contributed by atoms with Crippen LogP contribution in [0.25, 0.3) is 22.1 Å². The first kappa shape index (κ1) is 24.3. The van der Waals surface area contributed by atoms with Gasteiger partial charge in [-0.2, -0.15) is 4.98 Å². The van der Waals surface area contributed by atoms with Gasteiger partial charge in [-0.3, -0.25) is 18.7 Å². The molecular formula is C25H24ClN7O4. The van der Waals surface area contributed by atoms with Crippen LogP contribution in [0.4, 0.5) is 11.8 Å². The molecule has 190 valence electrons. The van der Waals surface area contributed by atoms with E-state index in [0.717, 1.165) is 21.0 Å². The molecule has 0 spiro atoms. The molecule has 0 aliphatic carbocycles. The van der Waals surface area contributed by atoms with Crippen LogP contribution in [-0.2, 0) is 31.9 Å². The number of carboxylic acids is 1. The van der Waals surface area contributed by atoms with Crippen LogP contribution in [-0.4, -0.2) is 39.7 Å². The van der Waals surface area contributed by atoms with Gasteiger partial charge in [0.1, 0.15) is 5.82 Å². The molecule has 0 saturated heterocycles. The van der Waals surface area contributed by atoms with Crippen LogP contribution < -0.4 is 16.6 Å². The molecule has 0 aliphatic heterocycles. The highest BCUT2D eigenvalue weighted by Gasteiger charge is 2.20. The number of pyridine rings is 1. The van der Waals surface area contributed by atoms with E-state index < -0.39 is 17.2 Å². The van der Waals surface area contributed by atoms with E-state index in [1.54, 1.807) is 30.8 Å². The zero-order valence-corrected chi connectivity index (χ0v) is 21.1. The number of aliphatic carboxylic acids is 1. The first-order valence-electron chi connectivity index (χ1n) is 11.5. The van der Waals surface area contributed by atoms with Gasteiger partial charge < -0.3 is 20.0 Å². The van der Waals surface area contributed by atoms with E-state index in [4.69, 9.17) is 16.7 Å². The highest BCUT2D eigenvalue weighted by atomic mass is 35.5. The normalized spacial score (nSPS) is 11.5. The first-order chi connectivity index (χ1) is 17.6. The summed E-state index contributed by atoms with van der Waals surface area (Å²) in [4.78, 5) is 49.8. The topological polar surface area (TPSA) is 140 Å². The number of H-pyrrole nitrogens is 1. The van der Waals surface area contributed by atoms with Gasteiger partial charge in [-0.05, 0) is 36.8 Å². The van der Waals surface area contributed by atoms with Gasteiger partial charge in [0.2, 0.25) is 5.95 Å². The molecule has 37 heavy (non-hydrogen) atoms. The van der Waals surface area contributed by atoms with Crippen LogP contribution in [0.2, 0.25) is 5.02 Å². The van der Waals surface area contributed by atoms with E-state index in [2.05, 4.69) is 20.3 Å². The molecule has 0 unspecified atom stereocenters. The number of nitrogens with one attached hydrogen (secondary N) is 2. The number of imidazole rings is 1. The molecule has 4 aromatic heterocycles. The van der Waals surface area contributed by atoms with Crippen molar-refractivity contribution in [1.29, 1.82) is 0 Å². The quantitative estimate of drug-likeness (QED) is 0.299. The van der Waals surface area contributed by atoms with Crippen molar-refractivity contribution in [3.63, 3.8) is 0 Å². The number of halogens is 1. The number of fused-ring (bicyclic) bond motifs is 2. The third-order valence-corrected chi connectivity index (χ3v) is 6.70. The average molecular weight is 522 g/mol. The summed E-state index contributed by atoms with van der Waals surface area (Å²) in [5.74, 6) is -0.134. The van der Waals surface area contributed by atoms with Crippen LogP contribution in [0.1, 0.15) is 23.4 Å². The van der Waals surface area contributed by atoms with Gasteiger partial charge >= 0.3 is 11.7 Å². The van der Waals surface area contributed by atoms with Crippen molar-refractivity contribution in [1.82, 2.24) is 28.7 Å². The van der Waals surface area contributed by atoms with E-state index in [1.807, 2.05) is 31.2 Å². The van der Waals surface area contributed by atoms with E-state index in [0.29, 0.717) is 28.2 Å². The van der Waals surface area contributed by atoms with Gasteiger partial charge in [-0.1, -0.05) is 23.7 Å². The predicted molar refractivity (Wildman–Crippen MR) is 141 cm³/mol. The number of carboxylic acid groups (broad SMARTS) is 1. The number of anilines is 2. The molecule has 0 amide bonds. The molecule has 3 N–H and O–H groups in total. The number of aromatic nitrogens is 6. The fraction of sp³-hybridized carbons (Fsp3) is 0.240. The summed E-state index contributed by atoms with van der Waals surface area (Å²) in [5.41, 5.74) is 2.50.